The highest BCUT2D eigenvalue weighted by molar-refractivity contribution is 7.09. The Morgan fingerprint density at radius 2 is 1.87 bits per heavy atom. The largest absolute Gasteiger partial charge is 0.357 e. The quantitative estimate of drug-likeness (QED) is 0.792. The Morgan fingerprint density at radius 1 is 1.10 bits per heavy atom. The number of carbonyl (C=O) groups excluding carboxylic acids is 1. The van der Waals surface area contributed by atoms with Crippen molar-refractivity contribution >= 4 is 23.2 Å². The summed E-state index contributed by atoms with van der Waals surface area (Å²) in [6, 6.07) is 4.14. The summed E-state index contributed by atoms with van der Waals surface area (Å²) < 4.78 is 0. The number of thiazole rings is 1. The van der Waals surface area contributed by atoms with Crippen LogP contribution in [0.15, 0.2) is 23.7 Å². The van der Waals surface area contributed by atoms with Gasteiger partial charge >= 0.3 is 6.03 Å². The second kappa shape index (κ2) is 10.2. The molecular formula is C22H32N6OS. The number of aromatic nitrogens is 2. The summed E-state index contributed by atoms with van der Waals surface area (Å²) >= 11 is 1.69. The van der Waals surface area contributed by atoms with Crippen LogP contribution in [0.4, 0.5) is 10.6 Å². The average molecular weight is 429 g/mol. The maximum atomic E-state index is 12.6. The lowest BCUT2D eigenvalue weighted by Gasteiger charge is -2.34. The summed E-state index contributed by atoms with van der Waals surface area (Å²) in [5.41, 5.74) is 2.24. The van der Waals surface area contributed by atoms with Crippen LogP contribution < -0.4 is 10.2 Å². The second-order valence-electron chi connectivity index (χ2n) is 8.20. The number of anilines is 1. The number of amides is 2. The Hall–Kier alpha value is -2.19. The van der Waals surface area contributed by atoms with E-state index in [2.05, 4.69) is 36.5 Å². The molecule has 4 heterocycles. The van der Waals surface area contributed by atoms with Crippen LogP contribution in [0.5, 0.6) is 0 Å². The van der Waals surface area contributed by atoms with Crippen LogP contribution in [0.3, 0.4) is 0 Å². The van der Waals surface area contributed by atoms with E-state index in [9.17, 15) is 4.79 Å². The molecule has 0 atom stereocenters. The highest BCUT2D eigenvalue weighted by Gasteiger charge is 2.21. The number of pyridine rings is 1. The molecule has 8 heteroatoms. The number of rotatable bonds is 5. The van der Waals surface area contributed by atoms with E-state index in [1.54, 1.807) is 11.3 Å². The molecule has 2 saturated heterocycles. The SMILES string of the molecule is Cc1nc(CN2CCN(C(=O)NCc3ccnc(N4CCCCCC4)c3)CC2)cs1. The fourth-order valence-electron chi connectivity index (χ4n) is 4.15. The molecule has 0 unspecified atom stereocenters. The van der Waals surface area contributed by atoms with Gasteiger partial charge in [-0.2, -0.15) is 0 Å². The fourth-order valence-corrected chi connectivity index (χ4v) is 4.76. The minimum absolute atomic E-state index is 0.0206. The first-order valence-corrected chi connectivity index (χ1v) is 11.9. The molecule has 2 aromatic heterocycles. The molecule has 2 fully saturated rings. The van der Waals surface area contributed by atoms with Crippen LogP contribution in [-0.2, 0) is 13.1 Å². The highest BCUT2D eigenvalue weighted by Crippen LogP contribution is 2.18. The Morgan fingerprint density at radius 3 is 2.57 bits per heavy atom. The first-order valence-electron chi connectivity index (χ1n) is 11.0. The maximum Gasteiger partial charge on any atom is 0.317 e. The van der Waals surface area contributed by atoms with E-state index in [-0.39, 0.29) is 6.03 Å². The molecule has 0 radical (unpaired) electrons. The van der Waals surface area contributed by atoms with Crippen molar-refractivity contribution in [1.29, 1.82) is 0 Å². The molecule has 2 aromatic rings. The van der Waals surface area contributed by atoms with Crippen molar-refractivity contribution < 1.29 is 4.79 Å². The van der Waals surface area contributed by atoms with Crippen molar-refractivity contribution in [2.75, 3.05) is 44.2 Å². The van der Waals surface area contributed by atoms with Gasteiger partial charge < -0.3 is 15.1 Å². The lowest BCUT2D eigenvalue weighted by Crippen LogP contribution is -2.51. The van der Waals surface area contributed by atoms with Crippen molar-refractivity contribution in [3.63, 3.8) is 0 Å². The number of aryl methyl sites for hydroxylation is 1. The smallest absolute Gasteiger partial charge is 0.317 e. The zero-order chi connectivity index (χ0) is 20.8. The minimum Gasteiger partial charge on any atom is -0.357 e. The number of urea groups is 1. The van der Waals surface area contributed by atoms with Crippen molar-refractivity contribution in [3.8, 4) is 0 Å². The molecule has 30 heavy (non-hydrogen) atoms. The number of hydrogen-bond acceptors (Lipinski definition) is 6. The first kappa shape index (κ1) is 21.1. The monoisotopic (exact) mass is 428 g/mol. The predicted molar refractivity (Wildman–Crippen MR) is 121 cm³/mol. The van der Waals surface area contributed by atoms with E-state index in [0.29, 0.717) is 6.54 Å². The number of nitrogens with zero attached hydrogens (tertiary/aromatic N) is 5. The summed E-state index contributed by atoms with van der Waals surface area (Å²) in [5.74, 6) is 1.04. The van der Waals surface area contributed by atoms with Crippen LogP contribution in [0.2, 0.25) is 0 Å². The molecule has 2 amide bonds. The molecule has 7 nitrogen and oxygen atoms in total. The molecule has 162 valence electrons. The van der Waals surface area contributed by atoms with Crippen LogP contribution in [-0.4, -0.2) is 65.1 Å². The number of piperazine rings is 1. The molecule has 2 aliphatic heterocycles. The number of carbonyl (C=O) groups is 1. The minimum atomic E-state index is 0.0206. The Balaban J connectivity index is 1.23. The molecular weight excluding hydrogens is 396 g/mol. The Bertz CT molecular complexity index is 825. The summed E-state index contributed by atoms with van der Waals surface area (Å²) in [5, 5.41) is 6.33. The van der Waals surface area contributed by atoms with Gasteiger partial charge in [-0.25, -0.2) is 14.8 Å². The van der Waals surface area contributed by atoms with Gasteiger partial charge in [-0.05, 0) is 37.5 Å². The summed E-state index contributed by atoms with van der Waals surface area (Å²) in [7, 11) is 0. The Kier molecular flexibility index (Phi) is 7.17. The summed E-state index contributed by atoms with van der Waals surface area (Å²) in [6.45, 7) is 8.89. The lowest BCUT2D eigenvalue weighted by atomic mass is 10.2. The van der Waals surface area contributed by atoms with Gasteiger partial charge in [-0.3, -0.25) is 4.90 Å². The predicted octanol–water partition coefficient (Wildman–Crippen LogP) is 3.25. The fraction of sp³-hybridized carbons (Fsp3) is 0.591. The van der Waals surface area contributed by atoms with Gasteiger partial charge in [0.15, 0.2) is 0 Å². The van der Waals surface area contributed by atoms with Crippen LogP contribution in [0.25, 0.3) is 0 Å². The van der Waals surface area contributed by atoms with E-state index >= 15 is 0 Å². The average Bonchev–Trinajstić information content (AvgIpc) is 3.01. The molecule has 0 bridgehead atoms. The highest BCUT2D eigenvalue weighted by atomic mass is 32.1. The molecule has 0 saturated carbocycles. The summed E-state index contributed by atoms with van der Waals surface area (Å²) in [6.07, 6.45) is 6.94. The third kappa shape index (κ3) is 5.70. The van der Waals surface area contributed by atoms with Gasteiger partial charge in [0.1, 0.15) is 5.82 Å². The molecule has 0 aromatic carbocycles. The zero-order valence-corrected chi connectivity index (χ0v) is 18.7. The zero-order valence-electron chi connectivity index (χ0n) is 17.8. The van der Waals surface area contributed by atoms with E-state index in [0.717, 1.165) is 67.9 Å². The third-order valence-corrected chi connectivity index (χ3v) is 6.72. The van der Waals surface area contributed by atoms with E-state index in [1.165, 1.54) is 25.7 Å². The molecule has 1 N–H and O–H groups in total. The van der Waals surface area contributed by atoms with E-state index in [4.69, 9.17) is 0 Å². The molecule has 0 spiro atoms. The lowest BCUT2D eigenvalue weighted by molar-refractivity contribution is 0.134. The standard InChI is InChI=1S/C22H32N6OS/c1-18-25-20(17-30-18)16-26-10-12-28(13-11-26)22(29)24-15-19-6-7-23-21(14-19)27-8-4-2-3-5-9-27/h6-7,14,17H,2-5,8-13,15-16H2,1H3,(H,24,29). The van der Waals surface area contributed by atoms with Crippen LogP contribution in [0.1, 0.15) is 41.9 Å². The van der Waals surface area contributed by atoms with Crippen molar-refractivity contribution in [1.82, 2.24) is 25.1 Å². The van der Waals surface area contributed by atoms with Gasteiger partial charge in [-0.1, -0.05) is 12.8 Å². The number of hydrogen-bond donors (Lipinski definition) is 1. The van der Waals surface area contributed by atoms with Gasteiger partial charge in [-0.15, -0.1) is 11.3 Å². The molecule has 0 aliphatic carbocycles. The van der Waals surface area contributed by atoms with Crippen LogP contribution in [0, 0.1) is 6.92 Å². The van der Waals surface area contributed by atoms with Crippen molar-refractivity contribution in [2.45, 2.75) is 45.7 Å². The molecule has 2 aliphatic rings. The van der Waals surface area contributed by atoms with Crippen molar-refractivity contribution in [3.05, 3.63) is 40.0 Å². The topological polar surface area (TPSA) is 64.6 Å². The van der Waals surface area contributed by atoms with Gasteiger partial charge in [0, 0.05) is 63.9 Å². The normalized spacial score (nSPS) is 18.3. The maximum absolute atomic E-state index is 12.6. The molecule has 4 rings (SSSR count). The van der Waals surface area contributed by atoms with Gasteiger partial charge in [0.25, 0.3) is 0 Å². The van der Waals surface area contributed by atoms with Gasteiger partial charge in [0.2, 0.25) is 0 Å². The second-order valence-corrected chi connectivity index (χ2v) is 9.27. The third-order valence-electron chi connectivity index (χ3n) is 5.90. The van der Waals surface area contributed by atoms with E-state index < -0.39 is 0 Å². The van der Waals surface area contributed by atoms with Crippen LogP contribution >= 0.6 is 11.3 Å². The first-order chi connectivity index (χ1) is 14.7. The Labute approximate surface area is 183 Å². The van der Waals surface area contributed by atoms with Crippen molar-refractivity contribution in [2.24, 2.45) is 0 Å². The van der Waals surface area contributed by atoms with Gasteiger partial charge in [0.05, 0.1) is 10.7 Å². The summed E-state index contributed by atoms with van der Waals surface area (Å²) in [4.78, 5) is 28.4. The van der Waals surface area contributed by atoms with E-state index in [1.807, 2.05) is 24.1 Å². The number of nitrogens with one attached hydrogen (secondary N) is 1.